The number of rotatable bonds is 3. The molecule has 2 N–H and O–H groups in total. The average molecular weight is 246 g/mol. The molecule has 0 saturated heterocycles. The van der Waals surface area contributed by atoms with Crippen LogP contribution in [0.1, 0.15) is 23.0 Å². The predicted molar refractivity (Wildman–Crippen MR) is 66.6 cm³/mol. The lowest BCUT2D eigenvalue weighted by Gasteiger charge is -2.05. The van der Waals surface area contributed by atoms with Gasteiger partial charge in [0.05, 0.1) is 11.3 Å². The van der Waals surface area contributed by atoms with E-state index in [2.05, 4.69) is 5.10 Å². The van der Waals surface area contributed by atoms with Crippen LogP contribution in [-0.4, -0.2) is 26.0 Å². The largest absolute Gasteiger partial charge is 0.507 e. The summed E-state index contributed by atoms with van der Waals surface area (Å²) < 4.78 is 1.68. The molecule has 5 nitrogen and oxygen atoms in total. The van der Waals surface area contributed by atoms with Crippen LogP contribution < -0.4 is 0 Å². The summed E-state index contributed by atoms with van der Waals surface area (Å²) in [5, 5.41) is 23.1. The molecule has 18 heavy (non-hydrogen) atoms. The zero-order valence-electron chi connectivity index (χ0n) is 10.2. The van der Waals surface area contributed by atoms with Gasteiger partial charge in [0.15, 0.2) is 0 Å². The second-order valence-corrected chi connectivity index (χ2v) is 4.05. The number of phenols is 1. The van der Waals surface area contributed by atoms with E-state index in [9.17, 15) is 9.90 Å². The summed E-state index contributed by atoms with van der Waals surface area (Å²) in [7, 11) is 1.81. The molecule has 2 rings (SSSR count). The van der Waals surface area contributed by atoms with E-state index in [4.69, 9.17) is 5.11 Å². The van der Waals surface area contributed by atoms with Gasteiger partial charge in [-0.1, -0.05) is 6.92 Å². The summed E-state index contributed by atoms with van der Waals surface area (Å²) in [6.07, 6.45) is 2.56. The van der Waals surface area contributed by atoms with Crippen molar-refractivity contribution in [2.24, 2.45) is 7.05 Å². The summed E-state index contributed by atoms with van der Waals surface area (Å²) in [5.41, 5.74) is 2.37. The van der Waals surface area contributed by atoms with Crippen LogP contribution in [0.15, 0.2) is 24.4 Å². The molecule has 1 aromatic carbocycles. The summed E-state index contributed by atoms with van der Waals surface area (Å²) >= 11 is 0. The van der Waals surface area contributed by atoms with Crippen molar-refractivity contribution in [1.29, 1.82) is 0 Å². The third-order valence-corrected chi connectivity index (χ3v) is 2.78. The Morgan fingerprint density at radius 2 is 2.11 bits per heavy atom. The first-order valence-electron chi connectivity index (χ1n) is 5.62. The van der Waals surface area contributed by atoms with Crippen molar-refractivity contribution < 1.29 is 15.0 Å². The number of aromatic hydroxyl groups is 1. The molecular weight excluding hydrogens is 232 g/mol. The number of benzene rings is 1. The van der Waals surface area contributed by atoms with Gasteiger partial charge < -0.3 is 10.2 Å². The minimum atomic E-state index is -1.06. The van der Waals surface area contributed by atoms with Crippen molar-refractivity contribution in [3.63, 3.8) is 0 Å². The third kappa shape index (κ3) is 2.07. The summed E-state index contributed by atoms with van der Waals surface area (Å²) in [6, 6.07) is 4.34. The minimum Gasteiger partial charge on any atom is -0.507 e. The standard InChI is InChI=1S/C13H14N2O3/c1-3-11-10(7-15(2)14-11)9-5-4-8(13(17)18)6-12(9)16/h4-7,16H,3H2,1-2H3,(H,17,18). The number of nitrogens with zero attached hydrogens (tertiary/aromatic N) is 2. The molecule has 0 saturated carbocycles. The number of aromatic nitrogens is 2. The fraction of sp³-hybridized carbons (Fsp3) is 0.231. The Morgan fingerprint density at radius 3 is 2.67 bits per heavy atom. The molecule has 0 atom stereocenters. The van der Waals surface area contributed by atoms with Crippen molar-refractivity contribution in [2.45, 2.75) is 13.3 Å². The molecule has 2 aromatic rings. The molecule has 94 valence electrons. The van der Waals surface area contributed by atoms with Crippen molar-refractivity contribution >= 4 is 5.97 Å². The van der Waals surface area contributed by atoms with Gasteiger partial charge in [-0.3, -0.25) is 4.68 Å². The van der Waals surface area contributed by atoms with Crippen molar-refractivity contribution in [3.8, 4) is 16.9 Å². The third-order valence-electron chi connectivity index (χ3n) is 2.78. The van der Waals surface area contributed by atoms with Crippen LogP contribution >= 0.6 is 0 Å². The van der Waals surface area contributed by atoms with Crippen molar-refractivity contribution in [2.75, 3.05) is 0 Å². The van der Waals surface area contributed by atoms with Crippen molar-refractivity contribution in [3.05, 3.63) is 35.7 Å². The Balaban J connectivity index is 2.54. The molecule has 0 bridgehead atoms. The molecular formula is C13H14N2O3. The normalized spacial score (nSPS) is 10.6. The minimum absolute atomic E-state index is 0.0439. The summed E-state index contributed by atoms with van der Waals surface area (Å²) in [5.74, 6) is -1.10. The fourth-order valence-electron chi connectivity index (χ4n) is 1.91. The quantitative estimate of drug-likeness (QED) is 0.869. The lowest BCUT2D eigenvalue weighted by molar-refractivity contribution is 0.0696. The molecule has 0 aliphatic rings. The second kappa shape index (κ2) is 4.52. The van der Waals surface area contributed by atoms with E-state index >= 15 is 0 Å². The summed E-state index contributed by atoms with van der Waals surface area (Å²) in [6.45, 7) is 1.98. The topological polar surface area (TPSA) is 75.4 Å². The van der Waals surface area contributed by atoms with Gasteiger partial charge in [-0.15, -0.1) is 0 Å². The van der Waals surface area contributed by atoms with Gasteiger partial charge in [0.1, 0.15) is 5.75 Å². The number of hydrogen-bond donors (Lipinski definition) is 2. The van der Waals surface area contributed by atoms with Gasteiger partial charge in [0, 0.05) is 24.4 Å². The number of hydrogen-bond acceptors (Lipinski definition) is 3. The summed E-state index contributed by atoms with van der Waals surface area (Å²) in [4.78, 5) is 10.8. The molecule has 0 radical (unpaired) electrons. The number of phenolic OH excluding ortho intramolecular Hbond substituents is 1. The van der Waals surface area contributed by atoms with E-state index in [0.717, 1.165) is 17.7 Å². The highest BCUT2D eigenvalue weighted by molar-refractivity contribution is 5.89. The lowest BCUT2D eigenvalue weighted by Crippen LogP contribution is -1.96. The molecule has 0 spiro atoms. The van der Waals surface area contributed by atoms with Crippen molar-refractivity contribution in [1.82, 2.24) is 9.78 Å². The zero-order valence-corrected chi connectivity index (χ0v) is 10.2. The van der Waals surface area contributed by atoms with Crippen LogP contribution in [0.2, 0.25) is 0 Å². The van der Waals surface area contributed by atoms with Gasteiger partial charge in [-0.25, -0.2) is 4.79 Å². The fourth-order valence-corrected chi connectivity index (χ4v) is 1.91. The maximum atomic E-state index is 10.8. The van der Waals surface area contributed by atoms with Crippen LogP contribution in [0.4, 0.5) is 0 Å². The Hall–Kier alpha value is -2.30. The molecule has 0 fully saturated rings. The van der Waals surface area contributed by atoms with Gasteiger partial charge in [-0.05, 0) is 24.6 Å². The van der Waals surface area contributed by atoms with E-state index in [-0.39, 0.29) is 11.3 Å². The first-order valence-corrected chi connectivity index (χ1v) is 5.62. The highest BCUT2D eigenvalue weighted by atomic mass is 16.4. The van der Waals surface area contributed by atoms with Gasteiger partial charge >= 0.3 is 5.97 Å². The maximum Gasteiger partial charge on any atom is 0.335 e. The van der Waals surface area contributed by atoms with Crippen LogP contribution in [-0.2, 0) is 13.5 Å². The predicted octanol–water partition coefficient (Wildman–Crippen LogP) is 2.05. The highest BCUT2D eigenvalue weighted by Gasteiger charge is 2.14. The van der Waals surface area contributed by atoms with Crippen LogP contribution in [0, 0.1) is 0 Å². The van der Waals surface area contributed by atoms with Gasteiger partial charge in [0.25, 0.3) is 0 Å². The maximum absolute atomic E-state index is 10.8. The Morgan fingerprint density at radius 1 is 1.39 bits per heavy atom. The van der Waals surface area contributed by atoms with Crippen LogP contribution in [0.3, 0.4) is 0 Å². The number of carboxylic acids is 1. The molecule has 1 heterocycles. The Labute approximate surface area is 104 Å². The molecule has 0 aliphatic heterocycles. The molecule has 0 unspecified atom stereocenters. The van der Waals surface area contributed by atoms with Gasteiger partial charge in [0.2, 0.25) is 0 Å². The SMILES string of the molecule is CCc1nn(C)cc1-c1ccc(C(=O)O)cc1O. The first-order chi connectivity index (χ1) is 8.52. The Bertz CT molecular complexity index is 602. The molecule has 5 heteroatoms. The zero-order chi connectivity index (χ0) is 13.3. The highest BCUT2D eigenvalue weighted by Crippen LogP contribution is 2.32. The number of carboxylic acid groups (broad SMARTS) is 1. The molecule has 0 amide bonds. The van der Waals surface area contributed by atoms with E-state index in [0.29, 0.717) is 5.56 Å². The van der Waals surface area contributed by atoms with E-state index in [1.165, 1.54) is 12.1 Å². The smallest absolute Gasteiger partial charge is 0.335 e. The lowest BCUT2D eigenvalue weighted by atomic mass is 10.0. The van der Waals surface area contributed by atoms with E-state index in [1.54, 1.807) is 10.7 Å². The average Bonchev–Trinajstić information content (AvgIpc) is 2.70. The monoisotopic (exact) mass is 246 g/mol. The first kappa shape index (κ1) is 12.2. The molecule has 0 aliphatic carbocycles. The van der Waals surface area contributed by atoms with E-state index < -0.39 is 5.97 Å². The number of aryl methyl sites for hydroxylation is 2. The Kier molecular flexibility index (Phi) is 3.06. The number of aromatic carboxylic acids is 1. The number of carbonyl (C=O) groups is 1. The van der Waals surface area contributed by atoms with Crippen LogP contribution in [0.5, 0.6) is 5.75 Å². The van der Waals surface area contributed by atoms with Crippen LogP contribution in [0.25, 0.3) is 11.1 Å². The van der Waals surface area contributed by atoms with Gasteiger partial charge in [-0.2, -0.15) is 5.10 Å². The second-order valence-electron chi connectivity index (χ2n) is 4.05. The van der Waals surface area contributed by atoms with E-state index in [1.807, 2.05) is 20.2 Å². The molecule has 1 aromatic heterocycles.